The summed E-state index contributed by atoms with van der Waals surface area (Å²) in [5, 5.41) is 7.21. The number of rotatable bonds is 6. The van der Waals surface area contributed by atoms with E-state index in [2.05, 4.69) is 24.0 Å². The van der Waals surface area contributed by atoms with Gasteiger partial charge in [-0.1, -0.05) is 32.5 Å². The lowest BCUT2D eigenvalue weighted by atomic mass is 10.1. The number of hydrogen-bond acceptors (Lipinski definition) is 4. The van der Waals surface area contributed by atoms with Gasteiger partial charge in [0.2, 0.25) is 0 Å². The SMILES string of the molecule is CCCn1c(SCC(N)C(C)C)n[nH]c1=O. The monoisotopic (exact) mass is 244 g/mol. The molecule has 6 heteroatoms. The van der Waals surface area contributed by atoms with Crippen molar-refractivity contribution in [3.05, 3.63) is 10.5 Å². The predicted octanol–water partition coefficient (Wildman–Crippen LogP) is 1.06. The average Bonchev–Trinajstić information content (AvgIpc) is 2.58. The Morgan fingerprint density at radius 3 is 2.81 bits per heavy atom. The van der Waals surface area contributed by atoms with Gasteiger partial charge in [-0.25, -0.2) is 9.89 Å². The first-order chi connectivity index (χ1) is 7.56. The number of H-pyrrole nitrogens is 1. The summed E-state index contributed by atoms with van der Waals surface area (Å²) in [5.74, 6) is 1.23. The summed E-state index contributed by atoms with van der Waals surface area (Å²) in [7, 11) is 0. The molecule has 0 radical (unpaired) electrons. The fourth-order valence-corrected chi connectivity index (χ4v) is 2.36. The lowest BCUT2D eigenvalue weighted by Crippen LogP contribution is -2.29. The fourth-order valence-electron chi connectivity index (χ4n) is 1.20. The molecular formula is C10H20N4OS. The number of nitrogens with zero attached hydrogens (tertiary/aromatic N) is 2. The Labute approximate surface area is 99.8 Å². The van der Waals surface area contributed by atoms with Crippen LogP contribution in [0.2, 0.25) is 0 Å². The van der Waals surface area contributed by atoms with E-state index < -0.39 is 0 Å². The Hall–Kier alpha value is -0.750. The second kappa shape index (κ2) is 6.10. The van der Waals surface area contributed by atoms with E-state index in [0.29, 0.717) is 12.5 Å². The number of aromatic amines is 1. The van der Waals surface area contributed by atoms with Crippen molar-refractivity contribution in [3.8, 4) is 0 Å². The zero-order valence-corrected chi connectivity index (χ0v) is 10.9. The highest BCUT2D eigenvalue weighted by atomic mass is 32.2. The van der Waals surface area contributed by atoms with Gasteiger partial charge in [-0.05, 0) is 12.3 Å². The van der Waals surface area contributed by atoms with E-state index in [1.807, 2.05) is 6.92 Å². The molecule has 0 aliphatic rings. The first-order valence-electron chi connectivity index (χ1n) is 5.59. The van der Waals surface area contributed by atoms with E-state index in [1.54, 1.807) is 4.57 Å². The Morgan fingerprint density at radius 1 is 1.56 bits per heavy atom. The molecule has 1 heterocycles. The summed E-state index contributed by atoms with van der Waals surface area (Å²) in [6.45, 7) is 6.92. The molecule has 0 aliphatic carbocycles. The van der Waals surface area contributed by atoms with Crippen LogP contribution in [0.1, 0.15) is 27.2 Å². The van der Waals surface area contributed by atoms with Crippen LogP contribution in [0.15, 0.2) is 9.95 Å². The molecule has 0 amide bonds. The van der Waals surface area contributed by atoms with Crippen molar-refractivity contribution >= 4 is 11.8 Å². The standard InChI is InChI=1S/C10H20N4OS/c1-4-5-14-9(15)12-13-10(14)16-6-8(11)7(2)3/h7-8H,4-6,11H2,1-3H3,(H,12,15). The third-order valence-corrected chi connectivity index (χ3v) is 3.55. The molecule has 1 unspecified atom stereocenters. The van der Waals surface area contributed by atoms with Gasteiger partial charge in [-0.15, -0.1) is 5.10 Å². The van der Waals surface area contributed by atoms with Crippen LogP contribution in [0.5, 0.6) is 0 Å². The van der Waals surface area contributed by atoms with Crippen LogP contribution in [0.4, 0.5) is 0 Å². The van der Waals surface area contributed by atoms with Crippen LogP contribution < -0.4 is 11.4 Å². The molecule has 0 aliphatic heterocycles. The van der Waals surface area contributed by atoms with Gasteiger partial charge in [0.1, 0.15) is 0 Å². The molecule has 5 nitrogen and oxygen atoms in total. The Morgan fingerprint density at radius 2 is 2.25 bits per heavy atom. The van der Waals surface area contributed by atoms with Gasteiger partial charge in [0.15, 0.2) is 5.16 Å². The van der Waals surface area contributed by atoms with Gasteiger partial charge in [0, 0.05) is 18.3 Å². The van der Waals surface area contributed by atoms with E-state index in [0.717, 1.165) is 17.3 Å². The van der Waals surface area contributed by atoms with Gasteiger partial charge in [0.05, 0.1) is 0 Å². The van der Waals surface area contributed by atoms with Gasteiger partial charge in [0.25, 0.3) is 0 Å². The first-order valence-corrected chi connectivity index (χ1v) is 6.58. The third-order valence-electron chi connectivity index (χ3n) is 2.43. The Balaban J connectivity index is 2.63. The molecular weight excluding hydrogens is 224 g/mol. The van der Waals surface area contributed by atoms with Crippen LogP contribution in [0.25, 0.3) is 0 Å². The minimum Gasteiger partial charge on any atom is -0.327 e. The molecule has 92 valence electrons. The van der Waals surface area contributed by atoms with Crippen molar-refractivity contribution in [1.82, 2.24) is 14.8 Å². The molecule has 1 aromatic heterocycles. The van der Waals surface area contributed by atoms with Crippen molar-refractivity contribution in [1.29, 1.82) is 0 Å². The van der Waals surface area contributed by atoms with Crippen LogP contribution in [0, 0.1) is 5.92 Å². The second-order valence-electron chi connectivity index (χ2n) is 4.18. The third kappa shape index (κ3) is 3.38. The van der Waals surface area contributed by atoms with Gasteiger partial charge in [-0.3, -0.25) is 4.57 Å². The topological polar surface area (TPSA) is 76.7 Å². The maximum atomic E-state index is 11.4. The molecule has 0 saturated carbocycles. The molecule has 16 heavy (non-hydrogen) atoms. The summed E-state index contributed by atoms with van der Waals surface area (Å²) in [4.78, 5) is 11.4. The molecule has 0 bridgehead atoms. The van der Waals surface area contributed by atoms with E-state index >= 15 is 0 Å². The zero-order chi connectivity index (χ0) is 12.1. The average molecular weight is 244 g/mol. The van der Waals surface area contributed by atoms with Crippen molar-refractivity contribution in [2.24, 2.45) is 11.7 Å². The van der Waals surface area contributed by atoms with Crippen molar-refractivity contribution in [2.75, 3.05) is 5.75 Å². The first kappa shape index (κ1) is 13.3. The molecule has 0 fully saturated rings. The molecule has 0 spiro atoms. The van der Waals surface area contributed by atoms with E-state index in [1.165, 1.54) is 11.8 Å². The number of hydrogen-bond donors (Lipinski definition) is 2. The maximum Gasteiger partial charge on any atom is 0.343 e. The summed E-state index contributed by atoms with van der Waals surface area (Å²) >= 11 is 1.54. The lowest BCUT2D eigenvalue weighted by molar-refractivity contribution is 0.534. The van der Waals surface area contributed by atoms with Crippen LogP contribution in [-0.4, -0.2) is 26.6 Å². The largest absolute Gasteiger partial charge is 0.343 e. The van der Waals surface area contributed by atoms with Crippen LogP contribution in [0.3, 0.4) is 0 Å². The maximum absolute atomic E-state index is 11.4. The Bertz CT molecular complexity index is 371. The predicted molar refractivity (Wildman–Crippen MR) is 66.7 cm³/mol. The second-order valence-corrected chi connectivity index (χ2v) is 5.17. The van der Waals surface area contributed by atoms with E-state index in [9.17, 15) is 4.79 Å². The van der Waals surface area contributed by atoms with E-state index in [4.69, 9.17) is 5.73 Å². The van der Waals surface area contributed by atoms with E-state index in [-0.39, 0.29) is 11.7 Å². The summed E-state index contributed by atoms with van der Waals surface area (Å²) in [6.07, 6.45) is 0.920. The van der Waals surface area contributed by atoms with Crippen LogP contribution >= 0.6 is 11.8 Å². The fraction of sp³-hybridized carbons (Fsp3) is 0.800. The highest BCUT2D eigenvalue weighted by Crippen LogP contribution is 2.16. The lowest BCUT2D eigenvalue weighted by Gasteiger charge is -2.14. The highest BCUT2D eigenvalue weighted by molar-refractivity contribution is 7.99. The number of aromatic nitrogens is 3. The minimum absolute atomic E-state index is 0.131. The van der Waals surface area contributed by atoms with Crippen LogP contribution in [-0.2, 0) is 6.54 Å². The molecule has 1 rings (SSSR count). The molecule has 1 aromatic rings. The summed E-state index contributed by atoms with van der Waals surface area (Å²) in [5.41, 5.74) is 5.81. The summed E-state index contributed by atoms with van der Waals surface area (Å²) in [6, 6.07) is 0.131. The minimum atomic E-state index is -0.137. The molecule has 0 saturated heterocycles. The Kier molecular flexibility index (Phi) is 5.08. The number of thioether (sulfide) groups is 1. The summed E-state index contributed by atoms with van der Waals surface area (Å²) < 4.78 is 1.66. The number of nitrogens with two attached hydrogens (primary N) is 1. The quantitative estimate of drug-likeness (QED) is 0.734. The van der Waals surface area contributed by atoms with Gasteiger partial charge < -0.3 is 5.73 Å². The zero-order valence-electron chi connectivity index (χ0n) is 10.1. The molecule has 0 aromatic carbocycles. The number of nitrogens with one attached hydrogen (secondary N) is 1. The normalized spacial score (nSPS) is 13.3. The van der Waals surface area contributed by atoms with Gasteiger partial charge >= 0.3 is 5.69 Å². The molecule has 1 atom stereocenters. The van der Waals surface area contributed by atoms with Crippen molar-refractivity contribution in [3.63, 3.8) is 0 Å². The molecule has 3 N–H and O–H groups in total. The highest BCUT2D eigenvalue weighted by Gasteiger charge is 2.12. The van der Waals surface area contributed by atoms with Crippen molar-refractivity contribution < 1.29 is 0 Å². The van der Waals surface area contributed by atoms with Crippen molar-refractivity contribution in [2.45, 2.75) is 44.9 Å². The smallest absolute Gasteiger partial charge is 0.327 e. The van der Waals surface area contributed by atoms with Gasteiger partial charge in [-0.2, -0.15) is 0 Å².